The molecule has 4 N–H and O–H groups in total. The van der Waals surface area contributed by atoms with Crippen molar-refractivity contribution in [2.24, 2.45) is 11.7 Å². The number of H-pyrrole nitrogens is 1. The van der Waals surface area contributed by atoms with Crippen LogP contribution in [0.25, 0.3) is 10.9 Å². The summed E-state index contributed by atoms with van der Waals surface area (Å²) in [6.07, 6.45) is 6.12. The van der Waals surface area contributed by atoms with Crippen molar-refractivity contribution < 1.29 is 9.59 Å². The summed E-state index contributed by atoms with van der Waals surface area (Å²) in [5.41, 5.74) is 6.92. The van der Waals surface area contributed by atoms with E-state index < -0.39 is 0 Å². The molecule has 7 heteroatoms. The molecule has 0 saturated carbocycles. The van der Waals surface area contributed by atoms with Crippen LogP contribution in [0.3, 0.4) is 0 Å². The van der Waals surface area contributed by atoms with Crippen molar-refractivity contribution in [3.05, 3.63) is 30.2 Å². The maximum absolute atomic E-state index is 12.3. The van der Waals surface area contributed by atoms with Crippen molar-refractivity contribution in [2.45, 2.75) is 32.2 Å². The standard InChI is InChI=1S/C18H25N5O2/c1-2-16(17(19)24)23-8-5-12(11-23)3-7-21-18(25)15-9-13-10-20-6-4-14(13)22-15/h4,6,9-10,12,16,22H,2-3,5,7-8,11H2,1H3,(H2,19,24)(H,21,25). The number of likely N-dealkylation sites (tertiary alicyclic amines) is 1. The molecule has 1 aliphatic rings. The van der Waals surface area contributed by atoms with Crippen molar-refractivity contribution >= 4 is 22.7 Å². The van der Waals surface area contributed by atoms with Gasteiger partial charge in [-0.15, -0.1) is 0 Å². The Morgan fingerprint density at radius 3 is 3.08 bits per heavy atom. The largest absolute Gasteiger partial charge is 0.368 e. The Bertz CT molecular complexity index is 724. The van der Waals surface area contributed by atoms with E-state index >= 15 is 0 Å². The van der Waals surface area contributed by atoms with Gasteiger partial charge in [-0.1, -0.05) is 6.92 Å². The van der Waals surface area contributed by atoms with Gasteiger partial charge in [0.15, 0.2) is 0 Å². The molecule has 0 aliphatic carbocycles. The first-order chi connectivity index (χ1) is 12.1. The van der Waals surface area contributed by atoms with Gasteiger partial charge in [-0.25, -0.2) is 0 Å². The molecule has 2 aromatic rings. The molecule has 2 amide bonds. The molecule has 25 heavy (non-hydrogen) atoms. The number of nitrogens with two attached hydrogens (primary N) is 1. The van der Waals surface area contributed by atoms with Gasteiger partial charge < -0.3 is 16.0 Å². The molecule has 1 fully saturated rings. The lowest BCUT2D eigenvalue weighted by Gasteiger charge is -2.23. The highest BCUT2D eigenvalue weighted by atomic mass is 16.2. The van der Waals surface area contributed by atoms with Crippen molar-refractivity contribution in [3.8, 4) is 0 Å². The van der Waals surface area contributed by atoms with E-state index in [1.54, 1.807) is 12.4 Å². The number of pyridine rings is 1. The van der Waals surface area contributed by atoms with E-state index in [2.05, 4.69) is 20.2 Å². The molecule has 7 nitrogen and oxygen atoms in total. The molecule has 0 spiro atoms. The third-order valence-electron chi connectivity index (χ3n) is 4.98. The minimum Gasteiger partial charge on any atom is -0.368 e. The van der Waals surface area contributed by atoms with Gasteiger partial charge in [-0.3, -0.25) is 19.5 Å². The molecule has 2 unspecified atom stereocenters. The third-order valence-corrected chi connectivity index (χ3v) is 4.98. The van der Waals surface area contributed by atoms with Crippen LogP contribution < -0.4 is 11.1 Å². The average molecular weight is 343 g/mol. The SMILES string of the molecule is CCC(C(N)=O)N1CCC(CCNC(=O)c2cc3cnccc3[nH]2)C1. The third kappa shape index (κ3) is 3.99. The van der Waals surface area contributed by atoms with Crippen molar-refractivity contribution in [3.63, 3.8) is 0 Å². The Hall–Kier alpha value is -2.41. The Labute approximate surface area is 147 Å². The van der Waals surface area contributed by atoms with Crippen LogP contribution >= 0.6 is 0 Å². The monoisotopic (exact) mass is 343 g/mol. The van der Waals surface area contributed by atoms with E-state index in [1.807, 2.05) is 19.1 Å². The van der Waals surface area contributed by atoms with Gasteiger partial charge >= 0.3 is 0 Å². The molecule has 2 aromatic heterocycles. The second kappa shape index (κ2) is 7.65. The number of aromatic amines is 1. The van der Waals surface area contributed by atoms with Crippen LogP contribution in [0.4, 0.5) is 0 Å². The maximum Gasteiger partial charge on any atom is 0.267 e. The van der Waals surface area contributed by atoms with Crippen LogP contribution in [0.5, 0.6) is 0 Å². The summed E-state index contributed by atoms with van der Waals surface area (Å²) in [6, 6.07) is 3.50. The number of hydrogen-bond donors (Lipinski definition) is 3. The fourth-order valence-electron chi connectivity index (χ4n) is 3.60. The predicted octanol–water partition coefficient (Wildman–Crippen LogP) is 1.27. The number of hydrogen-bond acceptors (Lipinski definition) is 4. The summed E-state index contributed by atoms with van der Waals surface area (Å²) in [4.78, 5) is 33.1. The van der Waals surface area contributed by atoms with Gasteiger partial charge in [-0.05, 0) is 43.9 Å². The van der Waals surface area contributed by atoms with E-state index in [0.29, 0.717) is 18.2 Å². The second-order valence-electron chi connectivity index (χ2n) is 6.67. The predicted molar refractivity (Wildman–Crippen MR) is 96.0 cm³/mol. The molecule has 1 saturated heterocycles. The average Bonchev–Trinajstić information content (AvgIpc) is 3.22. The van der Waals surface area contributed by atoms with Gasteiger partial charge in [-0.2, -0.15) is 0 Å². The summed E-state index contributed by atoms with van der Waals surface area (Å²) in [6.45, 7) is 4.38. The first-order valence-electron chi connectivity index (χ1n) is 8.82. The lowest BCUT2D eigenvalue weighted by Crippen LogP contribution is -2.43. The van der Waals surface area contributed by atoms with Gasteiger partial charge in [0.2, 0.25) is 5.91 Å². The first-order valence-corrected chi connectivity index (χ1v) is 8.82. The fraction of sp³-hybridized carbons (Fsp3) is 0.500. The highest BCUT2D eigenvalue weighted by Crippen LogP contribution is 2.22. The Morgan fingerprint density at radius 1 is 1.52 bits per heavy atom. The summed E-state index contributed by atoms with van der Waals surface area (Å²) >= 11 is 0. The first kappa shape index (κ1) is 17.4. The molecule has 1 aliphatic heterocycles. The van der Waals surface area contributed by atoms with E-state index in [9.17, 15) is 9.59 Å². The highest BCUT2D eigenvalue weighted by Gasteiger charge is 2.29. The van der Waals surface area contributed by atoms with Gasteiger partial charge in [0.05, 0.1) is 6.04 Å². The summed E-state index contributed by atoms with van der Waals surface area (Å²) < 4.78 is 0. The zero-order valence-corrected chi connectivity index (χ0v) is 14.5. The molecule has 2 atom stereocenters. The molecule has 3 heterocycles. The van der Waals surface area contributed by atoms with Crippen LogP contribution in [-0.2, 0) is 4.79 Å². The molecule has 0 radical (unpaired) electrons. The number of primary amides is 1. The second-order valence-corrected chi connectivity index (χ2v) is 6.67. The lowest BCUT2D eigenvalue weighted by molar-refractivity contribution is -0.123. The number of aromatic nitrogens is 2. The smallest absolute Gasteiger partial charge is 0.267 e. The molecule has 0 bridgehead atoms. The van der Waals surface area contributed by atoms with Crippen LogP contribution in [-0.4, -0.2) is 52.4 Å². The molecule has 0 aromatic carbocycles. The normalized spacial score (nSPS) is 19.2. The van der Waals surface area contributed by atoms with Crippen LogP contribution in [0.1, 0.15) is 36.7 Å². The maximum atomic E-state index is 12.3. The van der Waals surface area contributed by atoms with Gasteiger partial charge in [0.1, 0.15) is 5.69 Å². The molecule has 134 valence electrons. The number of carbonyl (C=O) groups is 2. The number of carbonyl (C=O) groups excluding carboxylic acids is 2. The van der Waals surface area contributed by atoms with E-state index in [1.165, 1.54) is 0 Å². The molecular formula is C18H25N5O2. The number of rotatable bonds is 7. The van der Waals surface area contributed by atoms with Crippen molar-refractivity contribution in [2.75, 3.05) is 19.6 Å². The van der Waals surface area contributed by atoms with E-state index in [-0.39, 0.29) is 17.9 Å². The van der Waals surface area contributed by atoms with Crippen molar-refractivity contribution in [1.82, 2.24) is 20.2 Å². The van der Waals surface area contributed by atoms with Crippen LogP contribution in [0.2, 0.25) is 0 Å². The zero-order chi connectivity index (χ0) is 17.8. The van der Waals surface area contributed by atoms with E-state index in [4.69, 9.17) is 5.73 Å². The van der Waals surface area contributed by atoms with Gasteiger partial charge in [0.25, 0.3) is 5.91 Å². The molecular weight excluding hydrogens is 318 g/mol. The zero-order valence-electron chi connectivity index (χ0n) is 14.5. The summed E-state index contributed by atoms with van der Waals surface area (Å²) in [5, 5.41) is 3.89. The number of amides is 2. The summed E-state index contributed by atoms with van der Waals surface area (Å²) in [5.74, 6) is 0.139. The topological polar surface area (TPSA) is 104 Å². The fourth-order valence-corrected chi connectivity index (χ4v) is 3.60. The Kier molecular flexibility index (Phi) is 5.33. The number of nitrogens with one attached hydrogen (secondary N) is 2. The Balaban J connectivity index is 1.47. The molecule has 3 rings (SSSR count). The minimum atomic E-state index is -0.246. The van der Waals surface area contributed by atoms with Crippen molar-refractivity contribution in [1.29, 1.82) is 0 Å². The number of fused-ring (bicyclic) bond motifs is 1. The van der Waals surface area contributed by atoms with E-state index in [0.717, 1.165) is 43.3 Å². The van der Waals surface area contributed by atoms with Crippen LogP contribution in [0.15, 0.2) is 24.5 Å². The van der Waals surface area contributed by atoms with Gasteiger partial charge in [0, 0.05) is 36.4 Å². The Morgan fingerprint density at radius 2 is 2.36 bits per heavy atom. The quantitative estimate of drug-likeness (QED) is 0.704. The highest BCUT2D eigenvalue weighted by molar-refractivity contribution is 5.97. The number of nitrogens with zero attached hydrogens (tertiary/aromatic N) is 2. The summed E-state index contributed by atoms with van der Waals surface area (Å²) in [7, 11) is 0. The van der Waals surface area contributed by atoms with Crippen LogP contribution in [0, 0.1) is 5.92 Å². The minimum absolute atomic E-state index is 0.102. The lowest BCUT2D eigenvalue weighted by atomic mass is 10.1.